The number of esters is 1. The number of hydrogen-bond donors (Lipinski definition) is 0. The highest BCUT2D eigenvalue weighted by Gasteiger charge is 2.19. The van der Waals surface area contributed by atoms with Crippen LogP contribution in [0.4, 0.5) is 4.79 Å². The Morgan fingerprint density at radius 3 is 2.46 bits per heavy atom. The van der Waals surface area contributed by atoms with Crippen molar-refractivity contribution >= 4 is 12.1 Å². The zero-order valence-electron chi connectivity index (χ0n) is 7.62. The minimum absolute atomic E-state index is 0.300. The van der Waals surface area contributed by atoms with Gasteiger partial charge in [-0.2, -0.15) is 0 Å². The molecule has 1 aliphatic heterocycles. The molecule has 1 rings (SSSR count). The van der Waals surface area contributed by atoms with Gasteiger partial charge >= 0.3 is 12.1 Å². The van der Waals surface area contributed by atoms with Crippen LogP contribution in [0.5, 0.6) is 0 Å². The molecule has 1 fully saturated rings. The van der Waals surface area contributed by atoms with E-state index in [0.29, 0.717) is 0 Å². The van der Waals surface area contributed by atoms with E-state index in [1.54, 1.807) is 4.90 Å². The monoisotopic (exact) mass is 187 g/mol. The zero-order chi connectivity index (χ0) is 9.68. The molecule has 5 nitrogen and oxygen atoms in total. The Morgan fingerprint density at radius 1 is 1.31 bits per heavy atom. The second-order valence-corrected chi connectivity index (χ2v) is 2.82. The summed E-state index contributed by atoms with van der Waals surface area (Å²) in [5, 5.41) is 0. The van der Waals surface area contributed by atoms with Gasteiger partial charge in [-0.1, -0.05) is 0 Å². The summed E-state index contributed by atoms with van der Waals surface area (Å²) in [6.45, 7) is 1.14. The summed E-state index contributed by atoms with van der Waals surface area (Å²) >= 11 is 0. The first kappa shape index (κ1) is 9.83. The number of ether oxygens (including phenoxy) is 2. The lowest BCUT2D eigenvalue weighted by Crippen LogP contribution is -2.30. The van der Waals surface area contributed by atoms with Crippen molar-refractivity contribution in [3.8, 4) is 0 Å². The number of rotatable bonds is 2. The number of methoxy groups -OCH3 is 1. The Morgan fingerprint density at radius 2 is 1.92 bits per heavy atom. The van der Waals surface area contributed by atoms with Gasteiger partial charge in [0.1, 0.15) is 0 Å². The summed E-state index contributed by atoms with van der Waals surface area (Å²) in [4.78, 5) is 23.4. The molecule has 13 heavy (non-hydrogen) atoms. The Labute approximate surface area is 76.6 Å². The zero-order valence-corrected chi connectivity index (χ0v) is 7.62. The lowest BCUT2D eigenvalue weighted by atomic mass is 10.4. The maximum atomic E-state index is 11.2. The highest BCUT2D eigenvalue weighted by molar-refractivity contribution is 5.75. The second-order valence-electron chi connectivity index (χ2n) is 2.82. The van der Waals surface area contributed by atoms with Crippen LogP contribution in [0.1, 0.15) is 12.8 Å². The summed E-state index contributed by atoms with van der Waals surface area (Å²) < 4.78 is 9.02. The van der Waals surface area contributed by atoms with Gasteiger partial charge in [0.15, 0.2) is 6.61 Å². The maximum absolute atomic E-state index is 11.2. The largest absolute Gasteiger partial charge is 0.466 e. The Bertz CT molecular complexity index is 198. The van der Waals surface area contributed by atoms with Crippen molar-refractivity contribution in [2.75, 3.05) is 26.8 Å². The lowest BCUT2D eigenvalue weighted by Gasteiger charge is -2.13. The molecule has 0 radical (unpaired) electrons. The molecule has 0 aromatic rings. The predicted octanol–water partition coefficient (Wildman–Crippen LogP) is 0.392. The highest BCUT2D eigenvalue weighted by atomic mass is 16.6. The van der Waals surface area contributed by atoms with Crippen molar-refractivity contribution in [2.24, 2.45) is 0 Å². The predicted molar refractivity (Wildman–Crippen MR) is 44.2 cm³/mol. The number of nitrogens with zero attached hydrogens (tertiary/aromatic N) is 1. The molecule has 0 N–H and O–H groups in total. The summed E-state index contributed by atoms with van der Waals surface area (Å²) in [5.74, 6) is -0.535. The van der Waals surface area contributed by atoms with Gasteiger partial charge in [-0.25, -0.2) is 9.59 Å². The van der Waals surface area contributed by atoms with Gasteiger partial charge in [0.2, 0.25) is 0 Å². The summed E-state index contributed by atoms with van der Waals surface area (Å²) in [6.07, 6.45) is 1.59. The molecule has 1 heterocycles. The third-order valence-electron chi connectivity index (χ3n) is 1.91. The molecule has 74 valence electrons. The number of carbonyl (C=O) groups is 2. The maximum Gasteiger partial charge on any atom is 0.410 e. The van der Waals surface area contributed by atoms with Crippen LogP contribution >= 0.6 is 0 Å². The van der Waals surface area contributed by atoms with Crippen LogP contribution in [0, 0.1) is 0 Å². The van der Waals surface area contributed by atoms with E-state index in [0.717, 1.165) is 25.9 Å². The van der Waals surface area contributed by atoms with Crippen LogP contribution in [0.15, 0.2) is 0 Å². The first-order chi connectivity index (χ1) is 6.24. The van der Waals surface area contributed by atoms with Crippen molar-refractivity contribution in [3.05, 3.63) is 0 Å². The van der Waals surface area contributed by atoms with Crippen LogP contribution in [-0.4, -0.2) is 43.8 Å². The molecule has 0 saturated carbocycles. The van der Waals surface area contributed by atoms with Crippen LogP contribution in [0.2, 0.25) is 0 Å². The van der Waals surface area contributed by atoms with Crippen molar-refractivity contribution < 1.29 is 19.1 Å². The van der Waals surface area contributed by atoms with E-state index in [-0.39, 0.29) is 6.61 Å². The van der Waals surface area contributed by atoms with Gasteiger partial charge in [0.25, 0.3) is 0 Å². The number of amides is 1. The number of carbonyl (C=O) groups excluding carboxylic acids is 2. The van der Waals surface area contributed by atoms with E-state index < -0.39 is 12.1 Å². The van der Waals surface area contributed by atoms with Gasteiger partial charge in [-0.05, 0) is 12.8 Å². The van der Waals surface area contributed by atoms with E-state index >= 15 is 0 Å². The fourth-order valence-electron chi connectivity index (χ4n) is 1.17. The Hall–Kier alpha value is -1.26. The van der Waals surface area contributed by atoms with Crippen LogP contribution < -0.4 is 0 Å². The molecule has 0 aromatic heterocycles. The smallest absolute Gasteiger partial charge is 0.410 e. The minimum Gasteiger partial charge on any atom is -0.466 e. The molecule has 5 heteroatoms. The summed E-state index contributed by atoms with van der Waals surface area (Å²) in [5.41, 5.74) is 0. The lowest BCUT2D eigenvalue weighted by molar-refractivity contribution is -0.144. The van der Waals surface area contributed by atoms with Crippen molar-refractivity contribution in [1.82, 2.24) is 4.90 Å². The van der Waals surface area contributed by atoms with Gasteiger partial charge in [-0.3, -0.25) is 0 Å². The SMILES string of the molecule is COC(=O)COC(=O)N1CCCC1. The molecule has 0 bridgehead atoms. The molecule has 0 aromatic carbocycles. The highest BCUT2D eigenvalue weighted by Crippen LogP contribution is 2.08. The molecule has 0 spiro atoms. The van der Waals surface area contributed by atoms with Crippen LogP contribution in [0.25, 0.3) is 0 Å². The normalized spacial score (nSPS) is 15.6. The van der Waals surface area contributed by atoms with Gasteiger partial charge in [-0.15, -0.1) is 0 Å². The molecule has 0 unspecified atom stereocenters. The Kier molecular flexibility index (Phi) is 3.54. The quantitative estimate of drug-likeness (QED) is 0.587. The molecule has 1 saturated heterocycles. The molecule has 1 aliphatic rings. The fraction of sp³-hybridized carbons (Fsp3) is 0.750. The third kappa shape index (κ3) is 2.93. The molecular weight excluding hydrogens is 174 g/mol. The van der Waals surface area contributed by atoms with Crippen molar-refractivity contribution in [3.63, 3.8) is 0 Å². The number of likely N-dealkylation sites (tertiary alicyclic amines) is 1. The summed E-state index contributed by atoms with van der Waals surface area (Å²) in [7, 11) is 1.26. The minimum atomic E-state index is -0.535. The standard InChI is InChI=1S/C8H13NO4/c1-12-7(10)6-13-8(11)9-4-2-3-5-9/h2-6H2,1H3. The average molecular weight is 187 g/mol. The molecule has 0 atom stereocenters. The van der Waals surface area contributed by atoms with Crippen LogP contribution in [-0.2, 0) is 14.3 Å². The molecular formula is C8H13NO4. The van der Waals surface area contributed by atoms with E-state index in [4.69, 9.17) is 4.74 Å². The van der Waals surface area contributed by atoms with Crippen molar-refractivity contribution in [1.29, 1.82) is 0 Å². The summed E-state index contributed by atoms with van der Waals surface area (Å²) in [6, 6.07) is 0. The van der Waals surface area contributed by atoms with E-state index in [1.165, 1.54) is 7.11 Å². The fourth-order valence-corrected chi connectivity index (χ4v) is 1.17. The van der Waals surface area contributed by atoms with Crippen LogP contribution in [0.3, 0.4) is 0 Å². The van der Waals surface area contributed by atoms with Gasteiger partial charge < -0.3 is 14.4 Å². The van der Waals surface area contributed by atoms with E-state index in [2.05, 4.69) is 4.74 Å². The van der Waals surface area contributed by atoms with Gasteiger partial charge in [0, 0.05) is 13.1 Å². The first-order valence-corrected chi connectivity index (χ1v) is 4.22. The second kappa shape index (κ2) is 4.69. The Balaban J connectivity index is 2.20. The van der Waals surface area contributed by atoms with Gasteiger partial charge in [0.05, 0.1) is 7.11 Å². The molecule has 1 amide bonds. The third-order valence-corrected chi connectivity index (χ3v) is 1.91. The molecule has 0 aliphatic carbocycles. The van der Waals surface area contributed by atoms with E-state index in [9.17, 15) is 9.59 Å². The first-order valence-electron chi connectivity index (χ1n) is 4.22. The van der Waals surface area contributed by atoms with E-state index in [1.807, 2.05) is 0 Å². The number of hydrogen-bond acceptors (Lipinski definition) is 4. The van der Waals surface area contributed by atoms with Crippen molar-refractivity contribution in [2.45, 2.75) is 12.8 Å². The average Bonchev–Trinajstić information content (AvgIpc) is 2.66. The topological polar surface area (TPSA) is 55.8 Å².